The maximum atomic E-state index is 5.56. The smallest absolute Gasteiger partial charge is 0.381 e. The molecule has 0 saturated heterocycles. The SMILES string of the molecule is CCOP(=S)(OCC)Oc1ccc(OCc2ccccc2)nn1. The molecule has 0 aliphatic heterocycles. The molecule has 0 atom stereocenters. The van der Waals surface area contributed by atoms with Crippen LogP contribution in [-0.2, 0) is 27.5 Å². The van der Waals surface area contributed by atoms with Gasteiger partial charge < -0.3 is 9.26 Å². The Morgan fingerprint density at radius 3 is 2.09 bits per heavy atom. The number of hydrogen-bond acceptors (Lipinski definition) is 7. The molecule has 124 valence electrons. The third kappa shape index (κ3) is 5.88. The summed E-state index contributed by atoms with van der Waals surface area (Å²) in [7, 11) is 0. The Morgan fingerprint density at radius 1 is 0.913 bits per heavy atom. The number of rotatable bonds is 9. The van der Waals surface area contributed by atoms with Gasteiger partial charge in [0.1, 0.15) is 6.61 Å². The first-order chi connectivity index (χ1) is 11.1. The van der Waals surface area contributed by atoms with E-state index in [0.717, 1.165) is 5.56 Å². The number of ether oxygens (including phenoxy) is 1. The number of aromatic nitrogens is 2. The Hall–Kier alpha value is -1.53. The minimum absolute atomic E-state index is 0.252. The fourth-order valence-corrected chi connectivity index (χ4v) is 3.69. The van der Waals surface area contributed by atoms with Crippen molar-refractivity contribution >= 4 is 18.5 Å². The van der Waals surface area contributed by atoms with Crippen LogP contribution in [0.4, 0.5) is 0 Å². The molecule has 1 aromatic carbocycles. The zero-order valence-corrected chi connectivity index (χ0v) is 14.8. The number of nitrogens with zero attached hydrogens (tertiary/aromatic N) is 2. The maximum absolute atomic E-state index is 5.56. The molecule has 23 heavy (non-hydrogen) atoms. The fraction of sp³-hybridized carbons (Fsp3) is 0.333. The molecule has 8 heteroatoms. The van der Waals surface area contributed by atoms with Crippen molar-refractivity contribution in [3.63, 3.8) is 0 Å². The molecular formula is C15H19N2O4PS. The molecule has 0 amide bonds. The van der Waals surface area contributed by atoms with Crippen LogP contribution in [0, 0.1) is 0 Å². The molecule has 0 spiro atoms. The Morgan fingerprint density at radius 2 is 1.52 bits per heavy atom. The zero-order chi connectivity index (χ0) is 16.5. The van der Waals surface area contributed by atoms with Crippen molar-refractivity contribution in [2.75, 3.05) is 13.2 Å². The predicted molar refractivity (Wildman–Crippen MR) is 91.0 cm³/mol. The molecule has 0 saturated carbocycles. The summed E-state index contributed by atoms with van der Waals surface area (Å²) >= 11 is 5.28. The molecule has 6 nitrogen and oxygen atoms in total. The topological polar surface area (TPSA) is 62.7 Å². The third-order valence-electron chi connectivity index (χ3n) is 2.62. The lowest BCUT2D eigenvalue weighted by atomic mass is 10.2. The first-order valence-electron chi connectivity index (χ1n) is 7.24. The van der Waals surface area contributed by atoms with E-state index in [-0.39, 0.29) is 5.88 Å². The summed E-state index contributed by atoms with van der Waals surface area (Å²) in [6.07, 6.45) is 0. The molecular weight excluding hydrogens is 335 g/mol. The van der Waals surface area contributed by atoms with Gasteiger partial charge in [-0.15, -0.1) is 10.2 Å². The normalized spacial score (nSPS) is 11.2. The third-order valence-corrected chi connectivity index (χ3v) is 5.04. The highest BCUT2D eigenvalue weighted by Gasteiger charge is 2.22. The van der Waals surface area contributed by atoms with E-state index in [0.29, 0.717) is 25.7 Å². The van der Waals surface area contributed by atoms with Gasteiger partial charge in [0.25, 0.3) is 0 Å². The quantitative estimate of drug-likeness (QED) is 0.636. The lowest BCUT2D eigenvalue weighted by Gasteiger charge is -2.19. The van der Waals surface area contributed by atoms with E-state index < -0.39 is 6.72 Å². The summed E-state index contributed by atoms with van der Waals surface area (Å²) in [5.74, 6) is 0.657. The largest absolute Gasteiger partial charge is 0.472 e. The summed E-state index contributed by atoms with van der Waals surface area (Å²) in [6.45, 7) is 2.06. The predicted octanol–water partition coefficient (Wildman–Crippen LogP) is 3.73. The summed E-state index contributed by atoms with van der Waals surface area (Å²) in [5, 5.41) is 7.91. The van der Waals surface area contributed by atoms with Crippen LogP contribution in [0.1, 0.15) is 19.4 Å². The van der Waals surface area contributed by atoms with Gasteiger partial charge in [-0.2, -0.15) is 0 Å². The van der Waals surface area contributed by atoms with Crippen molar-refractivity contribution in [3.8, 4) is 11.8 Å². The fourth-order valence-electron chi connectivity index (χ4n) is 1.69. The van der Waals surface area contributed by atoms with E-state index >= 15 is 0 Å². The summed E-state index contributed by atoms with van der Waals surface area (Å²) < 4.78 is 21.9. The Bertz CT molecular complexity index is 630. The van der Waals surface area contributed by atoms with Crippen molar-refractivity contribution in [1.82, 2.24) is 10.2 Å². The average Bonchev–Trinajstić information content (AvgIpc) is 2.55. The molecule has 1 aromatic heterocycles. The lowest BCUT2D eigenvalue weighted by molar-refractivity contribution is 0.215. The van der Waals surface area contributed by atoms with Crippen LogP contribution in [0.25, 0.3) is 0 Å². The first kappa shape index (κ1) is 17.8. The number of hydrogen-bond donors (Lipinski definition) is 0. The Balaban J connectivity index is 1.94. The van der Waals surface area contributed by atoms with E-state index in [1.807, 2.05) is 44.2 Å². The molecule has 1 heterocycles. The minimum atomic E-state index is -2.83. The van der Waals surface area contributed by atoms with Gasteiger partial charge in [0, 0.05) is 23.9 Å². The van der Waals surface area contributed by atoms with Crippen LogP contribution in [0.3, 0.4) is 0 Å². The molecule has 0 radical (unpaired) electrons. The van der Waals surface area contributed by atoms with Gasteiger partial charge in [-0.25, -0.2) is 0 Å². The van der Waals surface area contributed by atoms with Crippen molar-refractivity contribution < 1.29 is 18.3 Å². The van der Waals surface area contributed by atoms with Crippen LogP contribution in [0.15, 0.2) is 42.5 Å². The van der Waals surface area contributed by atoms with Crippen molar-refractivity contribution in [3.05, 3.63) is 48.0 Å². The van der Waals surface area contributed by atoms with Crippen LogP contribution in [0.5, 0.6) is 11.8 Å². The highest BCUT2D eigenvalue weighted by molar-refractivity contribution is 8.07. The molecule has 0 bridgehead atoms. The Labute approximate surface area is 141 Å². The highest BCUT2D eigenvalue weighted by Crippen LogP contribution is 2.49. The average molecular weight is 354 g/mol. The van der Waals surface area contributed by atoms with Gasteiger partial charge in [0.05, 0.1) is 13.2 Å². The highest BCUT2D eigenvalue weighted by atomic mass is 32.5. The van der Waals surface area contributed by atoms with Gasteiger partial charge in [-0.05, 0) is 19.4 Å². The first-order valence-corrected chi connectivity index (χ1v) is 9.80. The number of benzene rings is 1. The molecule has 2 rings (SSSR count). The molecule has 2 aromatic rings. The van der Waals surface area contributed by atoms with Crippen LogP contribution >= 0.6 is 6.72 Å². The van der Waals surface area contributed by atoms with E-state index in [4.69, 9.17) is 30.1 Å². The van der Waals surface area contributed by atoms with Gasteiger partial charge >= 0.3 is 6.72 Å². The standard InChI is InChI=1S/C15H19N2O4PS/c1-3-19-22(23,20-4-2)21-15-11-10-14(16-17-15)18-12-13-8-6-5-7-9-13/h5-11H,3-4,12H2,1-2H3. The van der Waals surface area contributed by atoms with Gasteiger partial charge in [-0.3, -0.25) is 9.05 Å². The van der Waals surface area contributed by atoms with E-state index in [1.165, 1.54) is 0 Å². The van der Waals surface area contributed by atoms with E-state index in [1.54, 1.807) is 12.1 Å². The van der Waals surface area contributed by atoms with Crippen molar-refractivity contribution in [2.24, 2.45) is 0 Å². The van der Waals surface area contributed by atoms with Crippen molar-refractivity contribution in [1.29, 1.82) is 0 Å². The molecule has 0 fully saturated rings. The molecule has 0 N–H and O–H groups in total. The minimum Gasteiger partial charge on any atom is -0.472 e. The second kappa shape index (κ2) is 8.93. The van der Waals surface area contributed by atoms with Crippen LogP contribution in [-0.4, -0.2) is 23.4 Å². The summed E-state index contributed by atoms with van der Waals surface area (Å²) in [4.78, 5) is 0. The molecule has 0 aliphatic rings. The summed E-state index contributed by atoms with van der Waals surface area (Å²) in [6, 6.07) is 13.1. The zero-order valence-electron chi connectivity index (χ0n) is 13.0. The Kier molecular flexibility index (Phi) is 6.92. The van der Waals surface area contributed by atoms with Gasteiger partial charge in [0.15, 0.2) is 0 Å². The van der Waals surface area contributed by atoms with Crippen LogP contribution < -0.4 is 9.26 Å². The maximum Gasteiger partial charge on any atom is 0.381 e. The monoisotopic (exact) mass is 354 g/mol. The van der Waals surface area contributed by atoms with Gasteiger partial charge in [-0.1, -0.05) is 30.3 Å². The second-order valence-electron chi connectivity index (χ2n) is 4.36. The molecule has 0 unspecified atom stereocenters. The van der Waals surface area contributed by atoms with Crippen molar-refractivity contribution in [2.45, 2.75) is 20.5 Å². The second-order valence-corrected chi connectivity index (χ2v) is 7.29. The summed E-state index contributed by atoms with van der Waals surface area (Å²) in [5.41, 5.74) is 1.05. The van der Waals surface area contributed by atoms with E-state index in [2.05, 4.69) is 10.2 Å². The molecule has 0 aliphatic carbocycles. The van der Waals surface area contributed by atoms with Crippen LogP contribution in [0.2, 0.25) is 0 Å². The lowest BCUT2D eigenvalue weighted by Crippen LogP contribution is -2.04. The van der Waals surface area contributed by atoms with Gasteiger partial charge in [0.2, 0.25) is 11.8 Å². The van der Waals surface area contributed by atoms with E-state index in [9.17, 15) is 0 Å².